The third kappa shape index (κ3) is 2.51. The molecule has 1 N–H and O–H groups in total. The van der Waals surface area contributed by atoms with E-state index >= 15 is 0 Å². The molecule has 1 aliphatic carbocycles. The van der Waals surface area contributed by atoms with Crippen molar-refractivity contribution >= 4 is 17.5 Å². The van der Waals surface area contributed by atoms with Gasteiger partial charge in [0, 0.05) is 17.1 Å². The first-order valence-electron chi connectivity index (χ1n) is 6.68. The van der Waals surface area contributed by atoms with Crippen LogP contribution in [-0.2, 0) is 14.3 Å². The van der Waals surface area contributed by atoms with Gasteiger partial charge in [0.2, 0.25) is 0 Å². The molecule has 0 bridgehead atoms. The van der Waals surface area contributed by atoms with E-state index < -0.39 is 23.6 Å². The van der Waals surface area contributed by atoms with Crippen LogP contribution in [0.1, 0.15) is 20.3 Å². The molecule has 2 fully saturated rings. The van der Waals surface area contributed by atoms with E-state index in [1.165, 1.54) is 11.8 Å². The minimum absolute atomic E-state index is 0.0725. The number of hydrogen-bond acceptors (Lipinski definition) is 5. The summed E-state index contributed by atoms with van der Waals surface area (Å²) in [6.45, 7) is 3.53. The van der Waals surface area contributed by atoms with Gasteiger partial charge in [-0.2, -0.15) is 0 Å². The van der Waals surface area contributed by atoms with Crippen molar-refractivity contribution in [3.63, 3.8) is 0 Å². The van der Waals surface area contributed by atoms with E-state index in [0.29, 0.717) is 5.75 Å². The predicted molar refractivity (Wildman–Crippen MR) is 75.6 cm³/mol. The van der Waals surface area contributed by atoms with Crippen molar-refractivity contribution in [3.8, 4) is 0 Å². The van der Waals surface area contributed by atoms with Crippen LogP contribution in [0.15, 0.2) is 35.2 Å². The highest BCUT2D eigenvalue weighted by atomic mass is 32.2. The Morgan fingerprint density at radius 3 is 2.70 bits per heavy atom. The van der Waals surface area contributed by atoms with E-state index in [9.17, 15) is 9.90 Å². The van der Waals surface area contributed by atoms with E-state index in [1.54, 1.807) is 13.8 Å². The maximum Gasteiger partial charge on any atom is 0.167 e. The molecule has 0 aromatic heterocycles. The monoisotopic (exact) mass is 294 g/mol. The summed E-state index contributed by atoms with van der Waals surface area (Å²) in [7, 11) is 0. The summed E-state index contributed by atoms with van der Waals surface area (Å²) in [5, 5.41) is 10.8. The molecule has 1 heterocycles. The number of carbonyl (C=O) groups is 1. The van der Waals surface area contributed by atoms with E-state index in [-0.39, 0.29) is 12.2 Å². The molecule has 0 amide bonds. The topological polar surface area (TPSA) is 55.8 Å². The summed E-state index contributed by atoms with van der Waals surface area (Å²) in [4.78, 5) is 13.1. The Morgan fingerprint density at radius 2 is 2.00 bits per heavy atom. The van der Waals surface area contributed by atoms with Gasteiger partial charge < -0.3 is 14.6 Å². The molecule has 0 spiro atoms. The van der Waals surface area contributed by atoms with Gasteiger partial charge in [-0.3, -0.25) is 4.79 Å². The fourth-order valence-corrected chi connectivity index (χ4v) is 3.78. The lowest BCUT2D eigenvalue weighted by Gasteiger charge is -2.28. The van der Waals surface area contributed by atoms with Crippen molar-refractivity contribution in [2.45, 2.75) is 48.8 Å². The van der Waals surface area contributed by atoms with Gasteiger partial charge >= 0.3 is 0 Å². The standard InChI is InChI=1S/C15H18O4S/c1-14(2)18-12-11(16)8-15(17,13(12)19-14)9-20-10-6-4-3-5-7-10/h3-7,12-13,17H,8-9H2,1-2H3/t12-,13-,15-/m0/s1. The zero-order valence-electron chi connectivity index (χ0n) is 11.5. The molecule has 4 nitrogen and oxygen atoms in total. The lowest BCUT2D eigenvalue weighted by molar-refractivity contribution is -0.177. The molecule has 1 saturated carbocycles. The number of carbonyl (C=O) groups excluding carboxylic acids is 1. The van der Waals surface area contributed by atoms with E-state index in [0.717, 1.165) is 4.90 Å². The largest absolute Gasteiger partial charge is 0.386 e. The minimum atomic E-state index is -1.16. The number of ether oxygens (including phenoxy) is 2. The Bertz CT molecular complexity index is 516. The molecule has 2 aliphatic rings. The molecule has 0 unspecified atom stereocenters. The van der Waals surface area contributed by atoms with E-state index in [4.69, 9.17) is 9.47 Å². The first kappa shape index (κ1) is 14.1. The van der Waals surface area contributed by atoms with Crippen LogP contribution < -0.4 is 0 Å². The second-order valence-corrected chi connectivity index (χ2v) is 6.87. The third-order valence-electron chi connectivity index (χ3n) is 3.66. The van der Waals surface area contributed by atoms with Gasteiger partial charge in [-0.1, -0.05) is 18.2 Å². The first-order valence-corrected chi connectivity index (χ1v) is 7.67. The minimum Gasteiger partial charge on any atom is -0.386 e. The van der Waals surface area contributed by atoms with Crippen LogP contribution >= 0.6 is 11.8 Å². The van der Waals surface area contributed by atoms with Crippen molar-refractivity contribution in [1.29, 1.82) is 0 Å². The number of Topliss-reactive ketones (excluding diaryl/α,β-unsaturated/α-hetero) is 1. The fraction of sp³-hybridized carbons (Fsp3) is 0.533. The Balaban J connectivity index is 1.73. The van der Waals surface area contributed by atoms with Crippen molar-refractivity contribution in [3.05, 3.63) is 30.3 Å². The maximum atomic E-state index is 12.0. The highest BCUT2D eigenvalue weighted by Crippen LogP contribution is 2.44. The van der Waals surface area contributed by atoms with Gasteiger partial charge in [0.15, 0.2) is 11.6 Å². The molecule has 1 aromatic rings. The predicted octanol–water partition coefficient (Wildman–Crippen LogP) is 2.00. The summed E-state index contributed by atoms with van der Waals surface area (Å²) in [6, 6.07) is 9.82. The van der Waals surface area contributed by atoms with Gasteiger partial charge in [0.25, 0.3) is 0 Å². The van der Waals surface area contributed by atoms with E-state index in [2.05, 4.69) is 0 Å². The highest BCUT2D eigenvalue weighted by molar-refractivity contribution is 7.99. The molecule has 20 heavy (non-hydrogen) atoms. The molecule has 0 radical (unpaired) electrons. The average molecular weight is 294 g/mol. The normalized spacial score (nSPS) is 35.2. The Labute approximate surface area is 122 Å². The van der Waals surface area contributed by atoms with Crippen LogP contribution in [-0.4, -0.2) is 40.2 Å². The molecule has 5 heteroatoms. The molecule has 3 atom stereocenters. The van der Waals surface area contributed by atoms with Crippen molar-refractivity contribution in [2.75, 3.05) is 5.75 Å². The smallest absolute Gasteiger partial charge is 0.167 e. The first-order chi connectivity index (χ1) is 9.40. The Morgan fingerprint density at radius 1 is 1.30 bits per heavy atom. The van der Waals surface area contributed by atoms with Gasteiger partial charge in [-0.25, -0.2) is 0 Å². The fourth-order valence-electron chi connectivity index (χ4n) is 2.75. The summed E-state index contributed by atoms with van der Waals surface area (Å²) in [5.74, 6) is -0.461. The highest BCUT2D eigenvalue weighted by Gasteiger charge is 2.60. The molecule has 1 aromatic carbocycles. The third-order valence-corrected chi connectivity index (χ3v) is 4.91. The molecule has 1 aliphatic heterocycles. The van der Waals surface area contributed by atoms with Gasteiger partial charge in [-0.15, -0.1) is 11.8 Å². The number of thioether (sulfide) groups is 1. The van der Waals surface area contributed by atoms with Crippen molar-refractivity contribution in [2.24, 2.45) is 0 Å². The number of rotatable bonds is 3. The number of hydrogen-bond donors (Lipinski definition) is 1. The van der Waals surface area contributed by atoms with Gasteiger partial charge in [0.1, 0.15) is 17.8 Å². The van der Waals surface area contributed by atoms with Crippen LogP contribution in [0.2, 0.25) is 0 Å². The molecule has 108 valence electrons. The number of ketones is 1. The van der Waals surface area contributed by atoms with Crippen LogP contribution in [0.5, 0.6) is 0 Å². The van der Waals surface area contributed by atoms with Crippen LogP contribution in [0, 0.1) is 0 Å². The van der Waals surface area contributed by atoms with Gasteiger partial charge in [-0.05, 0) is 26.0 Å². The quantitative estimate of drug-likeness (QED) is 0.864. The number of aliphatic hydroxyl groups is 1. The summed E-state index contributed by atoms with van der Waals surface area (Å²) in [5.41, 5.74) is -1.16. The average Bonchev–Trinajstić information content (AvgIpc) is 2.84. The summed E-state index contributed by atoms with van der Waals surface area (Å²) >= 11 is 1.53. The molecule has 1 saturated heterocycles. The number of benzene rings is 1. The zero-order chi connectivity index (χ0) is 14.4. The van der Waals surface area contributed by atoms with Crippen LogP contribution in [0.3, 0.4) is 0 Å². The lowest BCUT2D eigenvalue weighted by atomic mass is 10.0. The Kier molecular flexibility index (Phi) is 3.41. The van der Waals surface area contributed by atoms with Crippen LogP contribution in [0.25, 0.3) is 0 Å². The lowest BCUT2D eigenvalue weighted by Crippen LogP contribution is -2.44. The SMILES string of the molecule is CC1(C)O[C@H]2C(=O)C[C@](O)(CSc3ccccc3)[C@H]2O1. The van der Waals surface area contributed by atoms with Crippen molar-refractivity contribution < 1.29 is 19.4 Å². The Hall–Kier alpha value is -0.880. The van der Waals surface area contributed by atoms with Crippen molar-refractivity contribution in [1.82, 2.24) is 0 Å². The second kappa shape index (κ2) is 4.84. The molecular formula is C15H18O4S. The van der Waals surface area contributed by atoms with Crippen LogP contribution in [0.4, 0.5) is 0 Å². The van der Waals surface area contributed by atoms with E-state index in [1.807, 2.05) is 30.3 Å². The second-order valence-electron chi connectivity index (χ2n) is 5.83. The summed E-state index contributed by atoms with van der Waals surface area (Å²) < 4.78 is 11.3. The number of fused-ring (bicyclic) bond motifs is 1. The maximum absolute atomic E-state index is 12.0. The molecular weight excluding hydrogens is 276 g/mol. The molecule has 3 rings (SSSR count). The van der Waals surface area contributed by atoms with Gasteiger partial charge in [0.05, 0.1) is 0 Å². The summed E-state index contributed by atoms with van der Waals surface area (Å²) in [6.07, 6.45) is -1.11. The zero-order valence-corrected chi connectivity index (χ0v) is 12.4.